The lowest BCUT2D eigenvalue weighted by Crippen LogP contribution is -2.54. The molecular weight excluding hydrogens is 354 g/mol. The van der Waals surface area contributed by atoms with E-state index in [0.717, 1.165) is 24.1 Å². The second-order valence-corrected chi connectivity index (χ2v) is 8.48. The molecule has 6 heteroatoms. The maximum atomic E-state index is 12.9. The van der Waals surface area contributed by atoms with Gasteiger partial charge < -0.3 is 19.9 Å². The van der Waals surface area contributed by atoms with Crippen LogP contribution in [0.5, 0.6) is 5.75 Å². The normalized spacial score (nSPS) is 21.8. The van der Waals surface area contributed by atoms with Gasteiger partial charge in [-0.25, -0.2) is 0 Å². The summed E-state index contributed by atoms with van der Waals surface area (Å²) >= 11 is 0. The summed E-state index contributed by atoms with van der Waals surface area (Å²) in [4.78, 5) is 29.4. The van der Waals surface area contributed by atoms with Gasteiger partial charge in [0, 0.05) is 25.0 Å². The molecule has 2 amide bonds. The smallest absolute Gasteiger partial charge is 0.227 e. The molecule has 1 saturated heterocycles. The molecule has 1 saturated carbocycles. The highest BCUT2D eigenvalue weighted by atomic mass is 16.5. The molecule has 0 aromatic heterocycles. The summed E-state index contributed by atoms with van der Waals surface area (Å²) in [5.41, 5.74) is 1.84. The molecule has 1 atom stereocenters. The standard InChI is InChI=1S/C22H33N3O3/c1-16-8-9-19(28-4)18(12-16)25-14-17(13-20(25)26)21(27)23-15-22(24(2)3)10-6-5-7-11-22/h8-9,12,17H,5-7,10-11,13-15H2,1-4H3,(H,23,27)/t17-/m0/s1. The molecule has 1 N–H and O–H groups in total. The topological polar surface area (TPSA) is 61.9 Å². The summed E-state index contributed by atoms with van der Waals surface area (Å²) in [6.07, 6.45) is 6.15. The summed E-state index contributed by atoms with van der Waals surface area (Å²) in [7, 11) is 5.80. The number of amides is 2. The van der Waals surface area contributed by atoms with E-state index in [1.165, 1.54) is 19.3 Å². The van der Waals surface area contributed by atoms with Crippen molar-refractivity contribution < 1.29 is 14.3 Å². The number of anilines is 1. The Balaban J connectivity index is 1.66. The van der Waals surface area contributed by atoms with E-state index in [1.54, 1.807) is 12.0 Å². The first-order valence-electron chi connectivity index (χ1n) is 10.3. The van der Waals surface area contributed by atoms with Gasteiger partial charge in [-0.2, -0.15) is 0 Å². The number of carbonyl (C=O) groups is 2. The molecule has 0 spiro atoms. The van der Waals surface area contributed by atoms with Crippen molar-refractivity contribution in [2.45, 2.75) is 51.0 Å². The second-order valence-electron chi connectivity index (χ2n) is 8.48. The predicted molar refractivity (Wildman–Crippen MR) is 111 cm³/mol. The van der Waals surface area contributed by atoms with E-state index in [-0.39, 0.29) is 29.7 Å². The maximum Gasteiger partial charge on any atom is 0.227 e. The van der Waals surface area contributed by atoms with Gasteiger partial charge in [0.2, 0.25) is 11.8 Å². The van der Waals surface area contributed by atoms with Crippen LogP contribution in [0.2, 0.25) is 0 Å². The van der Waals surface area contributed by atoms with Crippen LogP contribution in [0.3, 0.4) is 0 Å². The molecule has 1 aliphatic heterocycles. The summed E-state index contributed by atoms with van der Waals surface area (Å²) in [6.45, 7) is 3.04. The molecule has 1 heterocycles. The van der Waals surface area contributed by atoms with Crippen LogP contribution < -0.4 is 15.0 Å². The number of rotatable bonds is 6. The van der Waals surface area contributed by atoms with Crippen molar-refractivity contribution in [2.24, 2.45) is 5.92 Å². The van der Waals surface area contributed by atoms with Gasteiger partial charge in [0.15, 0.2) is 0 Å². The van der Waals surface area contributed by atoms with Crippen molar-refractivity contribution in [3.05, 3.63) is 23.8 Å². The summed E-state index contributed by atoms with van der Waals surface area (Å²) < 4.78 is 5.42. The molecule has 3 rings (SSSR count). The van der Waals surface area contributed by atoms with Gasteiger partial charge in [-0.15, -0.1) is 0 Å². The molecule has 6 nitrogen and oxygen atoms in total. The Morgan fingerprint density at radius 2 is 2.00 bits per heavy atom. The SMILES string of the molecule is COc1ccc(C)cc1N1C[C@@H](C(=O)NCC2(N(C)C)CCCCC2)CC1=O. The van der Waals surface area contributed by atoms with E-state index < -0.39 is 0 Å². The minimum absolute atomic E-state index is 0.0192. The number of nitrogens with one attached hydrogen (secondary N) is 1. The first-order valence-corrected chi connectivity index (χ1v) is 10.3. The van der Waals surface area contributed by atoms with Crippen LogP contribution in [-0.2, 0) is 9.59 Å². The van der Waals surface area contributed by atoms with E-state index in [0.29, 0.717) is 18.8 Å². The molecular formula is C22H33N3O3. The Morgan fingerprint density at radius 3 is 2.64 bits per heavy atom. The number of aryl methyl sites for hydroxylation is 1. The van der Waals surface area contributed by atoms with Crippen LogP contribution in [0.25, 0.3) is 0 Å². The molecule has 1 aliphatic carbocycles. The zero-order valence-electron chi connectivity index (χ0n) is 17.6. The fourth-order valence-corrected chi connectivity index (χ4v) is 4.51. The first kappa shape index (κ1) is 20.6. The fraction of sp³-hybridized carbons (Fsp3) is 0.636. The Hall–Kier alpha value is -2.08. The van der Waals surface area contributed by atoms with Crippen molar-refractivity contribution in [2.75, 3.05) is 39.2 Å². The first-order chi connectivity index (χ1) is 13.4. The lowest BCUT2D eigenvalue weighted by molar-refractivity contribution is -0.127. The van der Waals surface area contributed by atoms with Crippen molar-refractivity contribution in [1.82, 2.24) is 10.2 Å². The van der Waals surface area contributed by atoms with E-state index in [2.05, 4.69) is 24.3 Å². The minimum atomic E-state index is -0.319. The average molecular weight is 388 g/mol. The zero-order valence-corrected chi connectivity index (χ0v) is 17.6. The van der Waals surface area contributed by atoms with E-state index in [1.807, 2.05) is 25.1 Å². The van der Waals surface area contributed by atoms with Crippen LogP contribution in [0.4, 0.5) is 5.69 Å². The molecule has 2 aliphatic rings. The molecule has 28 heavy (non-hydrogen) atoms. The van der Waals surface area contributed by atoms with Gasteiger partial charge in [-0.05, 0) is 51.6 Å². The Labute approximate surface area is 168 Å². The Kier molecular flexibility index (Phi) is 6.28. The van der Waals surface area contributed by atoms with Gasteiger partial charge >= 0.3 is 0 Å². The highest BCUT2D eigenvalue weighted by Gasteiger charge is 2.39. The van der Waals surface area contributed by atoms with Gasteiger partial charge in [-0.3, -0.25) is 9.59 Å². The van der Waals surface area contributed by atoms with Crippen molar-refractivity contribution in [3.8, 4) is 5.75 Å². The van der Waals surface area contributed by atoms with Gasteiger partial charge in [-0.1, -0.05) is 25.3 Å². The Morgan fingerprint density at radius 1 is 1.29 bits per heavy atom. The van der Waals surface area contributed by atoms with Crippen LogP contribution >= 0.6 is 0 Å². The third kappa shape index (κ3) is 4.17. The largest absolute Gasteiger partial charge is 0.495 e. The fourth-order valence-electron chi connectivity index (χ4n) is 4.51. The molecule has 0 bridgehead atoms. The van der Waals surface area contributed by atoms with Crippen LogP contribution in [0.15, 0.2) is 18.2 Å². The third-order valence-electron chi connectivity index (χ3n) is 6.45. The van der Waals surface area contributed by atoms with E-state index in [9.17, 15) is 9.59 Å². The summed E-state index contributed by atoms with van der Waals surface area (Å²) in [5, 5.41) is 3.16. The number of hydrogen-bond donors (Lipinski definition) is 1. The second kappa shape index (κ2) is 8.52. The molecule has 2 fully saturated rings. The Bertz CT molecular complexity index is 726. The number of likely N-dealkylation sites (N-methyl/N-ethyl adjacent to an activating group) is 1. The van der Waals surface area contributed by atoms with Gasteiger partial charge in [0.1, 0.15) is 5.75 Å². The van der Waals surface area contributed by atoms with E-state index in [4.69, 9.17) is 4.74 Å². The zero-order chi connectivity index (χ0) is 20.3. The van der Waals surface area contributed by atoms with Crippen LogP contribution in [-0.4, -0.2) is 56.5 Å². The number of nitrogens with zero attached hydrogens (tertiary/aromatic N) is 2. The number of hydrogen-bond acceptors (Lipinski definition) is 4. The van der Waals surface area contributed by atoms with Crippen molar-refractivity contribution in [1.29, 1.82) is 0 Å². The lowest BCUT2D eigenvalue weighted by Gasteiger charge is -2.43. The number of methoxy groups -OCH3 is 1. The van der Waals surface area contributed by atoms with Crippen molar-refractivity contribution >= 4 is 17.5 Å². The monoisotopic (exact) mass is 387 g/mol. The van der Waals surface area contributed by atoms with E-state index >= 15 is 0 Å². The number of benzene rings is 1. The van der Waals surface area contributed by atoms with Crippen LogP contribution in [0.1, 0.15) is 44.1 Å². The third-order valence-corrected chi connectivity index (χ3v) is 6.45. The molecule has 1 aromatic rings. The van der Waals surface area contributed by atoms with Crippen LogP contribution in [0, 0.1) is 12.8 Å². The molecule has 0 radical (unpaired) electrons. The maximum absolute atomic E-state index is 12.9. The quantitative estimate of drug-likeness (QED) is 0.815. The molecule has 1 aromatic carbocycles. The molecule has 154 valence electrons. The van der Waals surface area contributed by atoms with Gasteiger partial charge in [0.05, 0.1) is 18.7 Å². The van der Waals surface area contributed by atoms with Gasteiger partial charge in [0.25, 0.3) is 0 Å². The highest BCUT2D eigenvalue weighted by Crippen LogP contribution is 2.35. The summed E-state index contributed by atoms with van der Waals surface area (Å²) in [5.74, 6) is 0.299. The highest BCUT2D eigenvalue weighted by molar-refractivity contribution is 6.01. The average Bonchev–Trinajstić information content (AvgIpc) is 3.08. The van der Waals surface area contributed by atoms with Crippen molar-refractivity contribution in [3.63, 3.8) is 0 Å². The molecule has 0 unspecified atom stereocenters. The lowest BCUT2D eigenvalue weighted by atomic mass is 9.80. The summed E-state index contributed by atoms with van der Waals surface area (Å²) in [6, 6.07) is 5.77. The minimum Gasteiger partial charge on any atom is -0.495 e. The number of carbonyl (C=O) groups excluding carboxylic acids is 2. The predicted octanol–water partition coefficient (Wildman–Crippen LogP) is 2.74. The number of ether oxygens (including phenoxy) is 1.